The Morgan fingerprint density at radius 3 is 2.36 bits per heavy atom. The van der Waals surface area contributed by atoms with Gasteiger partial charge in [0.2, 0.25) is 5.91 Å². The number of amides is 2. The van der Waals surface area contributed by atoms with Crippen molar-refractivity contribution < 1.29 is 33.7 Å². The van der Waals surface area contributed by atoms with Gasteiger partial charge in [-0.15, -0.1) is 0 Å². The van der Waals surface area contributed by atoms with Gasteiger partial charge in [-0.25, -0.2) is 9.59 Å². The van der Waals surface area contributed by atoms with Gasteiger partial charge in [0, 0.05) is 13.7 Å². The third-order valence-corrected chi connectivity index (χ3v) is 2.89. The first-order chi connectivity index (χ1) is 11.7. The number of methoxy groups -OCH3 is 1. The number of carboxylic acids is 1. The highest BCUT2D eigenvalue weighted by Crippen LogP contribution is 2.06. The van der Waals surface area contributed by atoms with Gasteiger partial charge < -0.3 is 30.0 Å². The van der Waals surface area contributed by atoms with Crippen LogP contribution in [0.15, 0.2) is 0 Å². The van der Waals surface area contributed by atoms with Gasteiger partial charge in [0.25, 0.3) is 0 Å². The molecule has 146 valence electrons. The Hall–Kier alpha value is -1.87. The molecule has 0 saturated heterocycles. The maximum atomic E-state index is 11.6. The summed E-state index contributed by atoms with van der Waals surface area (Å²) in [6.07, 6.45) is 0.847. The van der Waals surface area contributed by atoms with Crippen LogP contribution in [-0.2, 0) is 23.8 Å². The number of carbonyl (C=O) groups excluding carboxylic acids is 2. The van der Waals surface area contributed by atoms with Crippen LogP contribution in [0, 0.1) is 0 Å². The van der Waals surface area contributed by atoms with E-state index in [1.165, 1.54) is 7.11 Å². The van der Waals surface area contributed by atoms with E-state index < -0.39 is 29.6 Å². The van der Waals surface area contributed by atoms with Crippen molar-refractivity contribution in [3.8, 4) is 0 Å². The lowest BCUT2D eigenvalue weighted by molar-refractivity contribution is -0.142. The molecule has 9 nitrogen and oxygen atoms in total. The van der Waals surface area contributed by atoms with E-state index >= 15 is 0 Å². The molecule has 0 aromatic rings. The van der Waals surface area contributed by atoms with E-state index in [4.69, 9.17) is 19.3 Å². The fourth-order valence-electron chi connectivity index (χ4n) is 1.78. The highest BCUT2D eigenvalue weighted by atomic mass is 16.6. The molecular formula is C16H30N2O7. The summed E-state index contributed by atoms with van der Waals surface area (Å²) in [4.78, 5) is 34.2. The molecule has 0 aliphatic rings. The van der Waals surface area contributed by atoms with E-state index in [0.717, 1.165) is 0 Å². The van der Waals surface area contributed by atoms with E-state index in [0.29, 0.717) is 26.0 Å². The summed E-state index contributed by atoms with van der Waals surface area (Å²) in [6, 6.07) is -0.986. The van der Waals surface area contributed by atoms with Crippen LogP contribution in [0.25, 0.3) is 0 Å². The molecule has 0 radical (unpaired) electrons. The van der Waals surface area contributed by atoms with Gasteiger partial charge in [-0.3, -0.25) is 4.79 Å². The highest BCUT2D eigenvalue weighted by Gasteiger charge is 2.19. The Morgan fingerprint density at radius 2 is 1.80 bits per heavy atom. The number of aliphatic carboxylic acids is 1. The van der Waals surface area contributed by atoms with Crippen LogP contribution in [0.5, 0.6) is 0 Å². The molecule has 25 heavy (non-hydrogen) atoms. The number of ether oxygens (including phenoxy) is 3. The molecule has 0 bridgehead atoms. The molecule has 0 rings (SSSR count). The Bertz CT molecular complexity index is 421. The topological polar surface area (TPSA) is 123 Å². The van der Waals surface area contributed by atoms with Crippen LogP contribution < -0.4 is 10.6 Å². The summed E-state index contributed by atoms with van der Waals surface area (Å²) >= 11 is 0. The molecule has 0 aromatic carbocycles. The van der Waals surface area contributed by atoms with E-state index in [-0.39, 0.29) is 19.6 Å². The average molecular weight is 362 g/mol. The van der Waals surface area contributed by atoms with Gasteiger partial charge in [-0.05, 0) is 40.0 Å². The predicted octanol–water partition coefficient (Wildman–Crippen LogP) is 0.914. The van der Waals surface area contributed by atoms with E-state index in [1.807, 2.05) is 0 Å². The lowest BCUT2D eigenvalue weighted by Gasteiger charge is -2.19. The molecular weight excluding hydrogens is 332 g/mol. The normalized spacial score (nSPS) is 12.3. The van der Waals surface area contributed by atoms with Crippen LogP contribution in [-0.4, -0.2) is 68.2 Å². The molecule has 0 aromatic heterocycles. The Labute approximate surface area is 148 Å². The van der Waals surface area contributed by atoms with Crippen LogP contribution in [0.4, 0.5) is 4.79 Å². The van der Waals surface area contributed by atoms with Gasteiger partial charge in [-0.2, -0.15) is 0 Å². The molecule has 9 heteroatoms. The summed E-state index contributed by atoms with van der Waals surface area (Å²) in [7, 11) is 1.52. The maximum absolute atomic E-state index is 11.6. The SMILES string of the molecule is COCCOCC(=O)NC(CCCCNC(=O)OC(C)(C)C)C(=O)O. The number of rotatable bonds is 12. The van der Waals surface area contributed by atoms with Gasteiger partial charge >= 0.3 is 12.1 Å². The number of nitrogens with one attached hydrogen (secondary N) is 2. The number of carboxylic acid groups (broad SMARTS) is 1. The summed E-state index contributed by atoms with van der Waals surface area (Å²) in [5.41, 5.74) is -0.561. The molecule has 2 amide bonds. The monoisotopic (exact) mass is 362 g/mol. The van der Waals surface area contributed by atoms with Crippen molar-refractivity contribution in [3.05, 3.63) is 0 Å². The van der Waals surface area contributed by atoms with Gasteiger partial charge in [0.05, 0.1) is 13.2 Å². The van der Waals surface area contributed by atoms with E-state index in [2.05, 4.69) is 10.6 Å². The van der Waals surface area contributed by atoms with E-state index in [1.54, 1.807) is 20.8 Å². The lowest BCUT2D eigenvalue weighted by atomic mass is 10.1. The summed E-state index contributed by atoms with van der Waals surface area (Å²) in [5.74, 6) is -1.60. The van der Waals surface area contributed by atoms with Crippen molar-refractivity contribution in [2.75, 3.05) is 33.5 Å². The Kier molecular flexibility index (Phi) is 11.6. The fourth-order valence-corrected chi connectivity index (χ4v) is 1.78. The number of hydrogen-bond acceptors (Lipinski definition) is 6. The molecule has 0 saturated carbocycles. The number of alkyl carbamates (subject to hydrolysis) is 1. The number of carbonyl (C=O) groups is 3. The minimum absolute atomic E-state index is 0.215. The zero-order valence-corrected chi connectivity index (χ0v) is 15.4. The van der Waals surface area contributed by atoms with Crippen molar-refractivity contribution in [2.45, 2.75) is 51.7 Å². The first-order valence-corrected chi connectivity index (χ1v) is 8.21. The molecule has 0 aliphatic carbocycles. The van der Waals surface area contributed by atoms with Gasteiger partial charge in [0.15, 0.2) is 0 Å². The second kappa shape index (κ2) is 12.5. The zero-order chi connectivity index (χ0) is 19.3. The Morgan fingerprint density at radius 1 is 1.12 bits per heavy atom. The molecule has 0 spiro atoms. The smallest absolute Gasteiger partial charge is 0.407 e. The average Bonchev–Trinajstić information content (AvgIpc) is 2.48. The van der Waals surface area contributed by atoms with Gasteiger partial charge in [0.1, 0.15) is 18.2 Å². The zero-order valence-electron chi connectivity index (χ0n) is 15.4. The fraction of sp³-hybridized carbons (Fsp3) is 0.812. The predicted molar refractivity (Wildman–Crippen MR) is 90.3 cm³/mol. The minimum Gasteiger partial charge on any atom is -0.480 e. The van der Waals surface area contributed by atoms with Crippen molar-refractivity contribution in [1.29, 1.82) is 0 Å². The number of unbranched alkanes of at least 4 members (excludes halogenated alkanes) is 1. The van der Waals surface area contributed by atoms with Gasteiger partial charge in [-0.1, -0.05) is 0 Å². The summed E-state index contributed by atoms with van der Waals surface area (Å²) in [6.45, 7) is 6.09. The molecule has 0 heterocycles. The first-order valence-electron chi connectivity index (χ1n) is 8.21. The van der Waals surface area contributed by atoms with Crippen LogP contribution >= 0.6 is 0 Å². The quantitative estimate of drug-likeness (QED) is 0.441. The van der Waals surface area contributed by atoms with E-state index in [9.17, 15) is 14.4 Å². The summed E-state index contributed by atoms with van der Waals surface area (Å²) < 4.78 is 14.9. The molecule has 0 aliphatic heterocycles. The molecule has 1 atom stereocenters. The third kappa shape index (κ3) is 14.2. The largest absolute Gasteiger partial charge is 0.480 e. The van der Waals surface area contributed by atoms with Crippen LogP contribution in [0.2, 0.25) is 0 Å². The van der Waals surface area contributed by atoms with Crippen molar-refractivity contribution in [3.63, 3.8) is 0 Å². The second-order valence-electron chi connectivity index (χ2n) is 6.43. The highest BCUT2D eigenvalue weighted by molar-refractivity contribution is 5.84. The minimum atomic E-state index is -1.11. The molecule has 1 unspecified atom stereocenters. The molecule has 3 N–H and O–H groups in total. The van der Waals surface area contributed by atoms with Crippen molar-refractivity contribution in [2.24, 2.45) is 0 Å². The first kappa shape index (κ1) is 23.1. The third-order valence-electron chi connectivity index (χ3n) is 2.89. The van der Waals surface area contributed by atoms with Crippen LogP contribution in [0.1, 0.15) is 40.0 Å². The van der Waals surface area contributed by atoms with Crippen molar-refractivity contribution in [1.82, 2.24) is 10.6 Å². The molecule has 0 fully saturated rings. The van der Waals surface area contributed by atoms with Crippen LogP contribution in [0.3, 0.4) is 0 Å². The second-order valence-corrected chi connectivity index (χ2v) is 6.43. The standard InChI is InChI=1S/C16H30N2O7/c1-16(2,3)25-15(22)17-8-6-5-7-12(14(20)21)18-13(19)11-24-10-9-23-4/h12H,5-11H2,1-4H3,(H,17,22)(H,18,19)(H,20,21). The van der Waals surface area contributed by atoms with Crippen molar-refractivity contribution >= 4 is 18.0 Å². The maximum Gasteiger partial charge on any atom is 0.407 e. The number of hydrogen-bond donors (Lipinski definition) is 3. The summed E-state index contributed by atoms with van der Waals surface area (Å²) in [5, 5.41) is 14.1. The lowest BCUT2D eigenvalue weighted by Crippen LogP contribution is -2.42. The Balaban J connectivity index is 3.95.